The highest BCUT2D eigenvalue weighted by molar-refractivity contribution is 9.10. The van der Waals surface area contributed by atoms with Crippen LogP contribution >= 0.6 is 15.9 Å². The van der Waals surface area contributed by atoms with E-state index in [0.29, 0.717) is 5.95 Å². The van der Waals surface area contributed by atoms with Gasteiger partial charge in [-0.1, -0.05) is 12.1 Å². The lowest BCUT2D eigenvalue weighted by atomic mass is 10.0. The third kappa shape index (κ3) is 2.84. The summed E-state index contributed by atoms with van der Waals surface area (Å²) in [6.07, 6.45) is 4.98. The van der Waals surface area contributed by atoms with Crippen molar-refractivity contribution in [3.05, 3.63) is 61.8 Å². The first-order chi connectivity index (χ1) is 12.6. The van der Waals surface area contributed by atoms with Gasteiger partial charge in [-0.3, -0.25) is 14.2 Å². The van der Waals surface area contributed by atoms with E-state index in [1.54, 1.807) is 24.0 Å². The van der Waals surface area contributed by atoms with Gasteiger partial charge in [-0.05, 0) is 40.9 Å². The Morgan fingerprint density at radius 1 is 1.00 bits per heavy atom. The molecule has 0 bridgehead atoms. The van der Waals surface area contributed by atoms with Crippen LogP contribution in [0.3, 0.4) is 0 Å². The maximum absolute atomic E-state index is 12.7. The summed E-state index contributed by atoms with van der Waals surface area (Å²) in [5.74, 6) is 0.688. The monoisotopic (exact) mass is 415 g/mol. The molecule has 26 heavy (non-hydrogen) atoms. The van der Waals surface area contributed by atoms with Crippen molar-refractivity contribution in [3.63, 3.8) is 0 Å². The minimum absolute atomic E-state index is 0.00648. The third-order valence-corrected chi connectivity index (χ3v) is 5.34. The zero-order valence-corrected chi connectivity index (χ0v) is 15.9. The van der Waals surface area contributed by atoms with Gasteiger partial charge in [-0.2, -0.15) is 0 Å². The van der Waals surface area contributed by atoms with E-state index >= 15 is 0 Å². The number of nitrogens with zero attached hydrogens (tertiary/aromatic N) is 5. The molecule has 0 radical (unpaired) electrons. The average molecular weight is 416 g/mol. The van der Waals surface area contributed by atoms with Gasteiger partial charge in [0, 0.05) is 38.6 Å². The Balaban J connectivity index is 1.67. The number of fused-ring (bicyclic) bond motifs is 1. The molecule has 1 aliphatic heterocycles. The van der Waals surface area contributed by atoms with Gasteiger partial charge in [-0.15, -0.1) is 0 Å². The van der Waals surface area contributed by atoms with Crippen molar-refractivity contribution in [2.45, 2.75) is 18.9 Å². The van der Waals surface area contributed by atoms with Crippen LogP contribution in [0, 0.1) is 0 Å². The Hall–Kier alpha value is -2.48. The first-order valence-electron chi connectivity index (χ1n) is 8.49. The molecule has 2 aromatic heterocycles. The predicted molar refractivity (Wildman–Crippen MR) is 104 cm³/mol. The number of para-hydroxylation sites is 2. The molecule has 0 unspecified atom stereocenters. The lowest BCUT2D eigenvalue weighted by Gasteiger charge is -2.33. The SMILES string of the molecule is Cn1c(=O)c(=O)n(C2CCN(c3ncc(Br)cn3)CC2)c2ccccc21. The van der Waals surface area contributed by atoms with Gasteiger partial charge in [0.1, 0.15) is 0 Å². The van der Waals surface area contributed by atoms with Gasteiger partial charge in [0.05, 0.1) is 15.5 Å². The molecular weight excluding hydrogens is 398 g/mol. The lowest BCUT2D eigenvalue weighted by molar-refractivity contribution is 0.391. The van der Waals surface area contributed by atoms with E-state index in [-0.39, 0.29) is 6.04 Å². The van der Waals surface area contributed by atoms with Crippen molar-refractivity contribution in [2.24, 2.45) is 7.05 Å². The van der Waals surface area contributed by atoms with Crippen molar-refractivity contribution in [2.75, 3.05) is 18.0 Å². The van der Waals surface area contributed by atoms with E-state index < -0.39 is 11.1 Å². The molecule has 0 spiro atoms. The first-order valence-corrected chi connectivity index (χ1v) is 9.28. The molecule has 0 saturated carbocycles. The van der Waals surface area contributed by atoms with Crippen molar-refractivity contribution < 1.29 is 0 Å². The molecular formula is C18H18BrN5O2. The highest BCUT2D eigenvalue weighted by Gasteiger charge is 2.25. The van der Waals surface area contributed by atoms with Crippen molar-refractivity contribution >= 4 is 32.9 Å². The normalized spacial score (nSPS) is 15.5. The maximum Gasteiger partial charge on any atom is 0.317 e. The van der Waals surface area contributed by atoms with Crippen molar-refractivity contribution in [3.8, 4) is 0 Å². The second-order valence-electron chi connectivity index (χ2n) is 6.45. The first kappa shape index (κ1) is 17.0. The standard InChI is InChI=1S/C18H18BrN5O2/c1-22-14-4-2-3-5-15(14)24(17(26)16(22)25)13-6-8-23(9-7-13)18-20-10-12(19)11-21-18/h2-5,10-11,13H,6-9H2,1H3. The molecule has 3 aromatic rings. The van der Waals surface area contributed by atoms with Crippen molar-refractivity contribution in [1.82, 2.24) is 19.1 Å². The van der Waals surface area contributed by atoms with Crippen LogP contribution in [0.25, 0.3) is 11.0 Å². The minimum Gasteiger partial charge on any atom is -0.341 e. The number of hydrogen-bond donors (Lipinski definition) is 0. The number of rotatable bonds is 2. The number of halogens is 1. The summed E-state index contributed by atoms with van der Waals surface area (Å²) in [6, 6.07) is 7.54. The van der Waals surface area contributed by atoms with Crippen LogP contribution in [0.15, 0.2) is 50.7 Å². The third-order valence-electron chi connectivity index (χ3n) is 4.93. The zero-order chi connectivity index (χ0) is 18.3. The Morgan fingerprint density at radius 2 is 1.62 bits per heavy atom. The number of hydrogen-bond acceptors (Lipinski definition) is 5. The van der Waals surface area contributed by atoms with Crippen LogP contribution in [0.5, 0.6) is 0 Å². The second kappa shape index (κ2) is 6.68. The molecule has 0 atom stereocenters. The molecule has 134 valence electrons. The quantitative estimate of drug-likeness (QED) is 0.599. The predicted octanol–water partition coefficient (Wildman–Crippen LogP) is 2.09. The van der Waals surface area contributed by atoms with E-state index in [1.807, 2.05) is 24.3 Å². The minimum atomic E-state index is -0.484. The summed E-state index contributed by atoms with van der Waals surface area (Å²) >= 11 is 3.34. The van der Waals surface area contributed by atoms with Gasteiger partial charge in [0.25, 0.3) is 0 Å². The van der Waals surface area contributed by atoms with Gasteiger partial charge in [0.2, 0.25) is 5.95 Å². The van der Waals surface area contributed by atoms with E-state index in [1.165, 1.54) is 4.57 Å². The van der Waals surface area contributed by atoms with E-state index in [4.69, 9.17) is 0 Å². The number of anilines is 1. The fourth-order valence-corrected chi connectivity index (χ4v) is 3.78. The molecule has 1 fully saturated rings. The molecule has 0 amide bonds. The Morgan fingerprint density at radius 3 is 2.27 bits per heavy atom. The summed E-state index contributed by atoms with van der Waals surface area (Å²) in [4.78, 5) is 35.8. The summed E-state index contributed by atoms with van der Waals surface area (Å²) in [5.41, 5.74) is 0.639. The number of piperidine rings is 1. The van der Waals surface area contributed by atoms with Crippen LogP contribution in [-0.2, 0) is 7.05 Å². The van der Waals surface area contributed by atoms with Gasteiger partial charge in [-0.25, -0.2) is 9.97 Å². The number of aryl methyl sites for hydroxylation is 1. The zero-order valence-electron chi connectivity index (χ0n) is 14.3. The fourth-order valence-electron chi connectivity index (χ4n) is 3.57. The van der Waals surface area contributed by atoms with E-state index in [0.717, 1.165) is 41.4 Å². The summed E-state index contributed by atoms with van der Waals surface area (Å²) in [5, 5.41) is 0. The largest absolute Gasteiger partial charge is 0.341 e. The van der Waals surface area contributed by atoms with Crippen LogP contribution in [0.4, 0.5) is 5.95 Å². The van der Waals surface area contributed by atoms with Crippen LogP contribution in [0.2, 0.25) is 0 Å². The maximum atomic E-state index is 12.7. The average Bonchev–Trinajstić information content (AvgIpc) is 2.68. The molecule has 7 nitrogen and oxygen atoms in total. The van der Waals surface area contributed by atoms with Crippen LogP contribution in [0.1, 0.15) is 18.9 Å². The second-order valence-corrected chi connectivity index (χ2v) is 7.36. The van der Waals surface area contributed by atoms with E-state index in [9.17, 15) is 9.59 Å². The molecule has 0 N–H and O–H groups in total. The summed E-state index contributed by atoms with van der Waals surface area (Å²) in [7, 11) is 1.64. The molecule has 8 heteroatoms. The summed E-state index contributed by atoms with van der Waals surface area (Å²) in [6.45, 7) is 1.48. The fraction of sp³-hybridized carbons (Fsp3) is 0.333. The number of benzene rings is 1. The topological polar surface area (TPSA) is 73.0 Å². The lowest BCUT2D eigenvalue weighted by Crippen LogP contribution is -2.45. The molecule has 1 aromatic carbocycles. The Kier molecular flexibility index (Phi) is 4.36. The van der Waals surface area contributed by atoms with Gasteiger partial charge >= 0.3 is 11.1 Å². The molecule has 4 rings (SSSR count). The molecule has 3 heterocycles. The smallest absolute Gasteiger partial charge is 0.317 e. The highest BCUT2D eigenvalue weighted by atomic mass is 79.9. The van der Waals surface area contributed by atoms with Crippen LogP contribution < -0.4 is 16.0 Å². The summed E-state index contributed by atoms with van der Waals surface area (Å²) < 4.78 is 3.95. The van der Waals surface area contributed by atoms with Crippen LogP contribution in [-0.4, -0.2) is 32.2 Å². The van der Waals surface area contributed by atoms with Crippen molar-refractivity contribution in [1.29, 1.82) is 0 Å². The van der Waals surface area contributed by atoms with Gasteiger partial charge < -0.3 is 9.47 Å². The highest BCUT2D eigenvalue weighted by Crippen LogP contribution is 2.26. The molecule has 0 aliphatic carbocycles. The van der Waals surface area contributed by atoms with Gasteiger partial charge in [0.15, 0.2) is 0 Å². The molecule has 1 aliphatic rings. The Bertz CT molecular complexity index is 1070. The molecule has 1 saturated heterocycles. The Labute approximate surface area is 158 Å². The van der Waals surface area contributed by atoms with E-state index in [2.05, 4.69) is 30.8 Å². The number of aromatic nitrogens is 4.